The van der Waals surface area contributed by atoms with Crippen molar-refractivity contribution < 1.29 is 0 Å². The molecule has 1 nitrogen and oxygen atoms in total. The molecule has 0 aliphatic heterocycles. The van der Waals surface area contributed by atoms with Crippen LogP contribution in [0.3, 0.4) is 0 Å². The zero-order valence-corrected chi connectivity index (χ0v) is 10.4. The first-order chi connectivity index (χ1) is 6.70. The lowest BCUT2D eigenvalue weighted by atomic mass is 9.93. The van der Waals surface area contributed by atoms with Crippen LogP contribution < -0.4 is 5.32 Å². The van der Waals surface area contributed by atoms with Crippen molar-refractivity contribution >= 4 is 11.3 Å². The highest BCUT2D eigenvalue weighted by molar-refractivity contribution is 7.10. The lowest BCUT2D eigenvalue weighted by molar-refractivity contribution is 0.383. The smallest absolute Gasteiger partial charge is 0.0356 e. The minimum Gasteiger partial charge on any atom is -0.310 e. The van der Waals surface area contributed by atoms with Gasteiger partial charge in [-0.1, -0.05) is 27.2 Å². The molecule has 0 radical (unpaired) electrons. The van der Waals surface area contributed by atoms with Crippen LogP contribution in [0.15, 0.2) is 11.4 Å². The fourth-order valence-corrected chi connectivity index (χ4v) is 2.54. The molecular weight excluding hydrogens is 190 g/mol. The largest absolute Gasteiger partial charge is 0.310 e. The molecule has 1 rings (SSSR count). The molecule has 1 N–H and O–H groups in total. The van der Waals surface area contributed by atoms with E-state index in [9.17, 15) is 0 Å². The number of aryl methyl sites for hydroxylation is 1. The minimum atomic E-state index is 0.538. The van der Waals surface area contributed by atoms with Gasteiger partial charge in [0.2, 0.25) is 0 Å². The second kappa shape index (κ2) is 5.52. The van der Waals surface area contributed by atoms with Gasteiger partial charge in [-0.2, -0.15) is 0 Å². The summed E-state index contributed by atoms with van der Waals surface area (Å²) in [6, 6.07) is 2.80. The lowest BCUT2D eigenvalue weighted by Gasteiger charge is -2.24. The normalized spacial score (nSPS) is 15.4. The number of hydrogen-bond donors (Lipinski definition) is 1. The van der Waals surface area contributed by atoms with Crippen molar-refractivity contribution in [2.24, 2.45) is 5.92 Å². The summed E-state index contributed by atoms with van der Waals surface area (Å²) in [5, 5.41) is 5.78. The van der Waals surface area contributed by atoms with E-state index >= 15 is 0 Å². The highest BCUT2D eigenvalue weighted by Crippen LogP contribution is 2.29. The van der Waals surface area contributed by atoms with E-state index in [0.29, 0.717) is 12.0 Å². The van der Waals surface area contributed by atoms with Gasteiger partial charge >= 0.3 is 0 Å². The molecule has 0 fully saturated rings. The third kappa shape index (κ3) is 2.58. The van der Waals surface area contributed by atoms with Crippen molar-refractivity contribution in [1.82, 2.24) is 5.32 Å². The molecule has 0 bridgehead atoms. The third-order valence-corrected chi connectivity index (χ3v) is 3.73. The summed E-state index contributed by atoms with van der Waals surface area (Å²) in [5.41, 5.74) is 1.49. The first-order valence-electron chi connectivity index (χ1n) is 5.48. The second-order valence-electron chi connectivity index (χ2n) is 3.85. The van der Waals surface area contributed by atoms with Gasteiger partial charge in [-0.05, 0) is 36.4 Å². The zero-order valence-electron chi connectivity index (χ0n) is 9.63. The predicted octanol–water partition coefficient (Wildman–Crippen LogP) is 3.75. The van der Waals surface area contributed by atoms with Gasteiger partial charge < -0.3 is 5.32 Å². The molecule has 0 saturated carbocycles. The van der Waals surface area contributed by atoms with Gasteiger partial charge in [0.05, 0.1) is 0 Å². The molecule has 0 aromatic carbocycles. The van der Waals surface area contributed by atoms with Gasteiger partial charge in [-0.3, -0.25) is 0 Å². The molecule has 2 unspecified atom stereocenters. The van der Waals surface area contributed by atoms with Crippen molar-refractivity contribution in [1.29, 1.82) is 0 Å². The van der Waals surface area contributed by atoms with Crippen molar-refractivity contribution in [2.75, 3.05) is 6.54 Å². The first-order valence-corrected chi connectivity index (χ1v) is 6.36. The molecular formula is C12H21NS. The number of thiophene rings is 1. The Hall–Kier alpha value is -0.340. The molecule has 0 spiro atoms. The fraction of sp³-hybridized carbons (Fsp3) is 0.667. The van der Waals surface area contributed by atoms with Gasteiger partial charge in [-0.15, -0.1) is 11.3 Å². The van der Waals surface area contributed by atoms with Crippen LogP contribution in [0.2, 0.25) is 0 Å². The summed E-state index contributed by atoms with van der Waals surface area (Å²) in [7, 11) is 0. The Morgan fingerprint density at radius 1 is 1.43 bits per heavy atom. The van der Waals surface area contributed by atoms with Gasteiger partial charge in [0.15, 0.2) is 0 Å². The molecule has 0 aliphatic rings. The van der Waals surface area contributed by atoms with Crippen LogP contribution in [0.4, 0.5) is 0 Å². The Balaban J connectivity index is 2.82. The summed E-state index contributed by atoms with van der Waals surface area (Å²) < 4.78 is 0. The average Bonchev–Trinajstić information content (AvgIpc) is 2.60. The Morgan fingerprint density at radius 2 is 2.14 bits per heavy atom. The van der Waals surface area contributed by atoms with E-state index in [1.54, 1.807) is 0 Å². The Kier molecular flexibility index (Phi) is 4.63. The zero-order chi connectivity index (χ0) is 10.6. The Morgan fingerprint density at radius 3 is 2.57 bits per heavy atom. The molecule has 2 atom stereocenters. The highest BCUT2D eigenvalue weighted by Gasteiger charge is 2.18. The van der Waals surface area contributed by atoms with Crippen LogP contribution in [-0.2, 0) is 0 Å². The predicted molar refractivity (Wildman–Crippen MR) is 64.9 cm³/mol. The molecule has 0 amide bonds. The van der Waals surface area contributed by atoms with E-state index in [2.05, 4.69) is 44.5 Å². The summed E-state index contributed by atoms with van der Waals surface area (Å²) in [6.07, 6.45) is 1.23. The van der Waals surface area contributed by atoms with Gasteiger partial charge in [0.1, 0.15) is 0 Å². The fourth-order valence-electron chi connectivity index (χ4n) is 1.79. The van der Waals surface area contributed by atoms with Crippen molar-refractivity contribution in [3.63, 3.8) is 0 Å². The minimum absolute atomic E-state index is 0.538. The van der Waals surface area contributed by atoms with E-state index in [-0.39, 0.29) is 0 Å². The van der Waals surface area contributed by atoms with Crippen LogP contribution in [0.5, 0.6) is 0 Å². The van der Waals surface area contributed by atoms with E-state index in [4.69, 9.17) is 0 Å². The molecule has 80 valence electrons. The standard InChI is InChI=1S/C12H21NS/c1-5-9(3)12(13-6-2)11-7-8-14-10(11)4/h7-9,12-13H,5-6H2,1-4H3. The molecule has 0 saturated heterocycles. The van der Waals surface area contributed by atoms with Gasteiger partial charge in [0.25, 0.3) is 0 Å². The van der Waals surface area contributed by atoms with Crippen LogP contribution in [0.1, 0.15) is 43.7 Å². The maximum Gasteiger partial charge on any atom is 0.0356 e. The maximum absolute atomic E-state index is 3.58. The second-order valence-corrected chi connectivity index (χ2v) is 4.97. The number of rotatable bonds is 5. The average molecular weight is 211 g/mol. The lowest BCUT2D eigenvalue weighted by Crippen LogP contribution is -2.26. The first kappa shape index (κ1) is 11.7. The Labute approximate surface area is 91.5 Å². The number of nitrogens with one attached hydrogen (secondary N) is 1. The topological polar surface area (TPSA) is 12.0 Å². The van der Waals surface area contributed by atoms with Gasteiger partial charge in [0, 0.05) is 10.9 Å². The van der Waals surface area contributed by atoms with Gasteiger partial charge in [-0.25, -0.2) is 0 Å². The Bertz CT molecular complexity index is 267. The maximum atomic E-state index is 3.58. The summed E-state index contributed by atoms with van der Waals surface area (Å²) in [4.78, 5) is 1.45. The molecule has 1 aromatic heterocycles. The number of hydrogen-bond acceptors (Lipinski definition) is 2. The van der Waals surface area contributed by atoms with Crippen molar-refractivity contribution in [3.8, 4) is 0 Å². The van der Waals surface area contributed by atoms with E-state index in [1.807, 2.05) is 11.3 Å². The van der Waals surface area contributed by atoms with Crippen LogP contribution in [0, 0.1) is 12.8 Å². The van der Waals surface area contributed by atoms with E-state index < -0.39 is 0 Å². The monoisotopic (exact) mass is 211 g/mol. The van der Waals surface area contributed by atoms with E-state index in [1.165, 1.54) is 16.9 Å². The molecule has 1 aromatic rings. The molecule has 1 heterocycles. The summed E-state index contributed by atoms with van der Waals surface area (Å²) >= 11 is 1.85. The molecule has 2 heteroatoms. The summed E-state index contributed by atoms with van der Waals surface area (Å²) in [5.74, 6) is 0.711. The van der Waals surface area contributed by atoms with Crippen LogP contribution in [-0.4, -0.2) is 6.54 Å². The quantitative estimate of drug-likeness (QED) is 0.782. The van der Waals surface area contributed by atoms with Crippen molar-refractivity contribution in [3.05, 3.63) is 21.9 Å². The SMILES string of the molecule is CCNC(c1ccsc1C)C(C)CC. The third-order valence-electron chi connectivity index (χ3n) is 2.87. The van der Waals surface area contributed by atoms with Crippen LogP contribution in [0.25, 0.3) is 0 Å². The van der Waals surface area contributed by atoms with Crippen molar-refractivity contribution in [2.45, 2.75) is 40.2 Å². The van der Waals surface area contributed by atoms with E-state index in [0.717, 1.165) is 6.54 Å². The molecule has 0 aliphatic carbocycles. The highest BCUT2D eigenvalue weighted by atomic mass is 32.1. The molecule has 14 heavy (non-hydrogen) atoms. The summed E-state index contributed by atoms with van der Waals surface area (Å²) in [6.45, 7) is 10.0. The van der Waals surface area contributed by atoms with Crippen LogP contribution >= 0.6 is 11.3 Å².